The number of aliphatic carboxylic acids is 1. The van der Waals surface area contributed by atoms with Gasteiger partial charge >= 0.3 is 18.0 Å². The summed E-state index contributed by atoms with van der Waals surface area (Å²) in [6.45, 7) is 4.53. The summed E-state index contributed by atoms with van der Waals surface area (Å²) >= 11 is 1.19. The van der Waals surface area contributed by atoms with E-state index in [1.165, 1.54) is 16.2 Å². The first-order valence-electron chi connectivity index (χ1n) is 8.62. The van der Waals surface area contributed by atoms with Crippen LogP contribution in [0.15, 0.2) is 0 Å². The Hall–Kier alpha value is -2.62. The zero-order chi connectivity index (χ0) is 20.0. The van der Waals surface area contributed by atoms with Crippen molar-refractivity contribution in [2.24, 2.45) is 0 Å². The van der Waals surface area contributed by atoms with Crippen LogP contribution in [0, 0.1) is 0 Å². The van der Waals surface area contributed by atoms with Gasteiger partial charge in [-0.15, -0.1) is 11.3 Å². The maximum absolute atomic E-state index is 12.4. The van der Waals surface area contributed by atoms with Crippen molar-refractivity contribution in [1.82, 2.24) is 4.90 Å². The third-order valence-electron chi connectivity index (χ3n) is 3.88. The number of hydrogen-bond donors (Lipinski definition) is 2. The molecule has 1 aliphatic rings. The molecule has 148 valence electrons. The number of ether oxygens (including phenoxy) is 2. The van der Waals surface area contributed by atoms with E-state index in [4.69, 9.17) is 14.6 Å². The summed E-state index contributed by atoms with van der Waals surface area (Å²) in [6.07, 6.45) is -0.498. The van der Waals surface area contributed by atoms with Crippen LogP contribution in [0.3, 0.4) is 0 Å². The van der Waals surface area contributed by atoms with Gasteiger partial charge < -0.3 is 24.8 Å². The van der Waals surface area contributed by atoms with Crippen molar-refractivity contribution >= 4 is 40.3 Å². The molecule has 0 aliphatic carbocycles. The molecule has 0 radical (unpaired) electrons. The maximum Gasteiger partial charge on any atom is 0.410 e. The third-order valence-corrected chi connectivity index (χ3v) is 5.01. The van der Waals surface area contributed by atoms with Gasteiger partial charge in [-0.25, -0.2) is 9.59 Å². The number of thiophene rings is 1. The molecule has 0 aromatic carbocycles. The number of carboxylic acids is 1. The fourth-order valence-electron chi connectivity index (χ4n) is 2.69. The molecule has 0 fully saturated rings. The molecule has 1 aromatic heterocycles. The van der Waals surface area contributed by atoms with Crippen molar-refractivity contribution in [1.29, 1.82) is 0 Å². The molecule has 2 N–H and O–H groups in total. The number of esters is 1. The summed E-state index contributed by atoms with van der Waals surface area (Å²) in [5, 5.41) is 11.6. The average Bonchev–Trinajstić information content (AvgIpc) is 2.97. The van der Waals surface area contributed by atoms with Crippen LogP contribution in [-0.4, -0.2) is 53.7 Å². The van der Waals surface area contributed by atoms with Crippen LogP contribution < -0.4 is 5.32 Å². The number of hydrogen-bond acceptors (Lipinski definition) is 7. The Kier molecular flexibility index (Phi) is 7.17. The number of carbonyl (C=O) groups is 4. The molecule has 9 nitrogen and oxygen atoms in total. The first kappa shape index (κ1) is 20.7. The van der Waals surface area contributed by atoms with Crippen molar-refractivity contribution in [2.45, 2.75) is 39.7 Å². The van der Waals surface area contributed by atoms with Crippen LogP contribution in [-0.2, 0) is 32.0 Å². The molecule has 10 heteroatoms. The zero-order valence-corrected chi connectivity index (χ0v) is 16.0. The topological polar surface area (TPSA) is 122 Å². The number of fused-ring (bicyclic) bond motifs is 1. The summed E-state index contributed by atoms with van der Waals surface area (Å²) in [5.41, 5.74) is 1.02. The molecule has 2 heterocycles. The lowest BCUT2D eigenvalue weighted by Crippen LogP contribution is -2.36. The molecule has 0 spiro atoms. The molecule has 2 amide bonds. The van der Waals surface area contributed by atoms with Crippen molar-refractivity contribution < 1.29 is 33.8 Å². The number of carbonyl (C=O) groups excluding carboxylic acids is 3. The van der Waals surface area contributed by atoms with E-state index in [1.807, 2.05) is 0 Å². The number of anilines is 1. The van der Waals surface area contributed by atoms with Crippen LogP contribution in [0.4, 0.5) is 9.80 Å². The summed E-state index contributed by atoms with van der Waals surface area (Å²) in [6, 6.07) is 0. The largest absolute Gasteiger partial charge is 0.481 e. The molecule has 0 bridgehead atoms. The van der Waals surface area contributed by atoms with Crippen LogP contribution in [0.25, 0.3) is 0 Å². The Morgan fingerprint density at radius 2 is 1.85 bits per heavy atom. The third kappa shape index (κ3) is 5.19. The molecule has 0 saturated heterocycles. The molecule has 27 heavy (non-hydrogen) atoms. The van der Waals surface area contributed by atoms with E-state index in [-0.39, 0.29) is 38.2 Å². The summed E-state index contributed by atoms with van der Waals surface area (Å²) < 4.78 is 10.1. The Bertz CT molecular complexity index is 744. The van der Waals surface area contributed by atoms with Gasteiger partial charge in [-0.05, 0) is 25.8 Å². The fourth-order valence-corrected chi connectivity index (χ4v) is 3.96. The van der Waals surface area contributed by atoms with E-state index < -0.39 is 23.9 Å². The van der Waals surface area contributed by atoms with Crippen LogP contribution in [0.2, 0.25) is 0 Å². The second kappa shape index (κ2) is 9.36. The second-order valence-electron chi connectivity index (χ2n) is 5.74. The Labute approximate surface area is 160 Å². The molecule has 0 saturated carbocycles. The molecule has 0 unspecified atom stereocenters. The normalized spacial score (nSPS) is 12.9. The van der Waals surface area contributed by atoms with E-state index in [1.54, 1.807) is 13.8 Å². The molecular weight excluding hydrogens is 376 g/mol. The lowest BCUT2D eigenvalue weighted by atomic mass is 10.0. The zero-order valence-electron chi connectivity index (χ0n) is 15.2. The molecule has 1 aliphatic heterocycles. The smallest absolute Gasteiger partial charge is 0.410 e. The van der Waals surface area contributed by atoms with Gasteiger partial charge in [0.1, 0.15) is 5.00 Å². The van der Waals surface area contributed by atoms with Crippen molar-refractivity contribution in [3.8, 4) is 0 Å². The monoisotopic (exact) mass is 398 g/mol. The van der Waals surface area contributed by atoms with Gasteiger partial charge in [0, 0.05) is 17.8 Å². The quantitative estimate of drug-likeness (QED) is 0.675. The Morgan fingerprint density at radius 1 is 1.15 bits per heavy atom. The predicted molar refractivity (Wildman–Crippen MR) is 96.9 cm³/mol. The lowest BCUT2D eigenvalue weighted by molar-refractivity contribution is -0.138. The van der Waals surface area contributed by atoms with Crippen molar-refractivity contribution in [3.05, 3.63) is 16.0 Å². The molecule has 1 aromatic rings. The highest BCUT2D eigenvalue weighted by Gasteiger charge is 2.31. The minimum Gasteiger partial charge on any atom is -0.481 e. The fraction of sp³-hybridized carbons (Fsp3) is 0.529. The number of nitrogens with one attached hydrogen (secondary N) is 1. The van der Waals surface area contributed by atoms with Crippen LogP contribution in [0.5, 0.6) is 0 Å². The number of rotatable bonds is 7. The molecule has 2 rings (SSSR count). The lowest BCUT2D eigenvalue weighted by Gasteiger charge is -2.26. The minimum absolute atomic E-state index is 0.185. The summed E-state index contributed by atoms with van der Waals surface area (Å²) in [5.74, 6) is -2.12. The SMILES string of the molecule is CCOC(=O)c1c(NC(=O)CCC(=O)O)sc2c1CCN(C(=O)OCC)C2. The van der Waals surface area contributed by atoms with E-state index in [2.05, 4.69) is 5.32 Å². The number of carboxylic acid groups (broad SMARTS) is 1. The van der Waals surface area contributed by atoms with Crippen molar-refractivity contribution in [3.63, 3.8) is 0 Å². The first-order chi connectivity index (χ1) is 12.9. The van der Waals surface area contributed by atoms with E-state index in [9.17, 15) is 19.2 Å². The van der Waals surface area contributed by atoms with Crippen LogP contribution >= 0.6 is 11.3 Å². The summed E-state index contributed by atoms with van der Waals surface area (Å²) in [4.78, 5) is 49.3. The van der Waals surface area contributed by atoms with Crippen molar-refractivity contribution in [2.75, 3.05) is 25.1 Å². The van der Waals surface area contributed by atoms with E-state index in [0.717, 1.165) is 10.4 Å². The Morgan fingerprint density at radius 3 is 2.48 bits per heavy atom. The standard InChI is InChI=1S/C17H22N2O7S/c1-3-25-16(23)14-10-7-8-19(17(24)26-4-2)9-11(10)27-15(14)18-12(20)5-6-13(21)22/h3-9H2,1-2H3,(H,18,20)(H,21,22). The van der Waals surface area contributed by atoms with E-state index in [0.29, 0.717) is 18.0 Å². The average molecular weight is 398 g/mol. The maximum atomic E-state index is 12.4. The van der Waals surface area contributed by atoms with Gasteiger partial charge in [0.15, 0.2) is 0 Å². The van der Waals surface area contributed by atoms with Gasteiger partial charge in [0.05, 0.1) is 31.7 Å². The number of nitrogens with zero attached hydrogens (tertiary/aromatic N) is 1. The number of amides is 2. The first-order valence-corrected chi connectivity index (χ1v) is 9.43. The molecule has 0 atom stereocenters. The van der Waals surface area contributed by atoms with Gasteiger partial charge in [0.2, 0.25) is 5.91 Å². The van der Waals surface area contributed by atoms with E-state index >= 15 is 0 Å². The highest BCUT2D eigenvalue weighted by Crippen LogP contribution is 2.38. The van der Waals surface area contributed by atoms with Crippen LogP contribution in [0.1, 0.15) is 47.5 Å². The Balaban J connectivity index is 2.26. The predicted octanol–water partition coefficient (Wildman–Crippen LogP) is 2.24. The van der Waals surface area contributed by atoms with Gasteiger partial charge in [0.25, 0.3) is 0 Å². The van der Waals surface area contributed by atoms with Gasteiger partial charge in [-0.1, -0.05) is 0 Å². The highest BCUT2D eigenvalue weighted by atomic mass is 32.1. The summed E-state index contributed by atoms with van der Waals surface area (Å²) in [7, 11) is 0. The molecular formula is C17H22N2O7S. The highest BCUT2D eigenvalue weighted by molar-refractivity contribution is 7.17. The van der Waals surface area contributed by atoms with Gasteiger partial charge in [-0.2, -0.15) is 0 Å². The second-order valence-corrected chi connectivity index (χ2v) is 6.85. The minimum atomic E-state index is -1.08. The van der Waals surface area contributed by atoms with Gasteiger partial charge in [-0.3, -0.25) is 9.59 Å².